The zero-order valence-electron chi connectivity index (χ0n) is 11.4. The van der Waals surface area contributed by atoms with Crippen molar-refractivity contribution in [2.45, 2.75) is 33.8 Å². The van der Waals surface area contributed by atoms with E-state index in [1.807, 2.05) is 18.7 Å². The van der Waals surface area contributed by atoms with Crippen molar-refractivity contribution in [3.8, 4) is 0 Å². The lowest BCUT2D eigenvalue weighted by Crippen LogP contribution is -2.63. The van der Waals surface area contributed by atoms with Crippen LogP contribution in [0.25, 0.3) is 0 Å². The third-order valence-corrected chi connectivity index (χ3v) is 7.18. The molecular weight excluding hydrogens is 254 g/mol. The molecule has 1 saturated heterocycles. The summed E-state index contributed by atoms with van der Waals surface area (Å²) in [7, 11) is -2.64. The molecule has 1 rings (SSSR count). The highest BCUT2D eigenvalue weighted by molar-refractivity contribution is 7.99. The molecule has 0 radical (unpaired) electrons. The fourth-order valence-electron chi connectivity index (χ4n) is 1.93. The molecule has 4 nitrogen and oxygen atoms in total. The van der Waals surface area contributed by atoms with Crippen molar-refractivity contribution in [3.63, 3.8) is 0 Å². The van der Waals surface area contributed by atoms with Gasteiger partial charge in [-0.15, -0.1) is 0 Å². The SMILES string of the molecule is CCO[Si]1(N(CC)CC)OCCSCC(C)O1. The van der Waals surface area contributed by atoms with Crippen LogP contribution in [0.15, 0.2) is 0 Å². The predicted molar refractivity (Wildman–Crippen MR) is 74.1 cm³/mol. The normalized spacial score (nSPS) is 31.2. The standard InChI is InChI=1S/C11H25NO3SSi/c1-5-12(6-2)17(13-7-3)14-8-9-16-10-11(4)15-17/h11H,5-10H2,1-4H3. The van der Waals surface area contributed by atoms with Gasteiger partial charge in [-0.3, -0.25) is 4.57 Å². The van der Waals surface area contributed by atoms with Crippen LogP contribution in [-0.4, -0.2) is 57.4 Å². The van der Waals surface area contributed by atoms with E-state index in [1.54, 1.807) is 0 Å². The molecule has 0 N–H and O–H groups in total. The second-order valence-corrected chi connectivity index (χ2v) is 7.62. The van der Waals surface area contributed by atoms with Gasteiger partial charge in [0.25, 0.3) is 0 Å². The average molecular weight is 279 g/mol. The molecule has 0 aromatic rings. The van der Waals surface area contributed by atoms with Crippen molar-refractivity contribution < 1.29 is 13.3 Å². The zero-order valence-corrected chi connectivity index (χ0v) is 13.2. The van der Waals surface area contributed by atoms with Gasteiger partial charge in [-0.05, 0) is 26.9 Å². The third-order valence-electron chi connectivity index (χ3n) is 2.69. The summed E-state index contributed by atoms with van der Waals surface area (Å²) in [5.41, 5.74) is 0. The first-order valence-corrected chi connectivity index (χ1v) is 9.29. The summed E-state index contributed by atoms with van der Waals surface area (Å²) in [6.45, 7) is 11.5. The zero-order chi connectivity index (χ0) is 12.7. The maximum Gasteiger partial charge on any atom is 0.599 e. The Morgan fingerprint density at radius 1 is 1.35 bits per heavy atom. The van der Waals surface area contributed by atoms with Crippen LogP contribution in [0.2, 0.25) is 0 Å². The van der Waals surface area contributed by atoms with Gasteiger partial charge in [0, 0.05) is 24.7 Å². The first-order chi connectivity index (χ1) is 8.18. The molecule has 1 heterocycles. The molecule has 0 aromatic heterocycles. The summed E-state index contributed by atoms with van der Waals surface area (Å²) in [4.78, 5) is 0. The third kappa shape index (κ3) is 4.22. The van der Waals surface area contributed by atoms with Crippen LogP contribution in [0, 0.1) is 0 Å². The van der Waals surface area contributed by atoms with Crippen molar-refractivity contribution in [2.75, 3.05) is 37.8 Å². The molecule has 0 aliphatic carbocycles. The highest BCUT2D eigenvalue weighted by Gasteiger charge is 2.49. The van der Waals surface area contributed by atoms with Gasteiger partial charge in [0.1, 0.15) is 0 Å². The molecule has 0 saturated carbocycles. The monoisotopic (exact) mass is 279 g/mol. The highest BCUT2D eigenvalue weighted by atomic mass is 32.2. The van der Waals surface area contributed by atoms with E-state index >= 15 is 0 Å². The minimum Gasteiger partial charge on any atom is -0.361 e. The first-order valence-electron chi connectivity index (χ1n) is 6.47. The molecule has 0 bridgehead atoms. The van der Waals surface area contributed by atoms with Crippen LogP contribution >= 0.6 is 11.8 Å². The van der Waals surface area contributed by atoms with Crippen LogP contribution in [0.3, 0.4) is 0 Å². The molecule has 102 valence electrons. The Morgan fingerprint density at radius 3 is 2.65 bits per heavy atom. The molecule has 0 spiro atoms. The Bertz CT molecular complexity index is 219. The Hall–Kier alpha value is 0.407. The Morgan fingerprint density at radius 2 is 2.06 bits per heavy atom. The average Bonchev–Trinajstić information content (AvgIpc) is 2.27. The topological polar surface area (TPSA) is 30.9 Å². The smallest absolute Gasteiger partial charge is 0.361 e. The molecule has 2 unspecified atom stereocenters. The maximum absolute atomic E-state index is 6.16. The minimum atomic E-state index is -2.64. The fourth-order valence-corrected chi connectivity index (χ4v) is 5.79. The van der Waals surface area contributed by atoms with Crippen molar-refractivity contribution >= 4 is 20.7 Å². The second-order valence-electron chi connectivity index (χ2n) is 3.98. The van der Waals surface area contributed by atoms with Crippen molar-refractivity contribution in [1.29, 1.82) is 0 Å². The Balaban J connectivity index is 2.83. The summed E-state index contributed by atoms with van der Waals surface area (Å²) in [5, 5.41) is 0. The summed E-state index contributed by atoms with van der Waals surface area (Å²) >= 11 is 1.88. The fraction of sp³-hybridized carbons (Fsp3) is 1.00. The van der Waals surface area contributed by atoms with Gasteiger partial charge in [-0.1, -0.05) is 13.8 Å². The van der Waals surface area contributed by atoms with Gasteiger partial charge in [0.05, 0.1) is 6.10 Å². The van der Waals surface area contributed by atoms with Crippen molar-refractivity contribution in [3.05, 3.63) is 0 Å². The van der Waals surface area contributed by atoms with Gasteiger partial charge in [-0.25, -0.2) is 0 Å². The number of thioether (sulfide) groups is 1. The van der Waals surface area contributed by atoms with E-state index in [-0.39, 0.29) is 6.10 Å². The molecule has 1 fully saturated rings. The van der Waals surface area contributed by atoms with E-state index in [1.165, 1.54) is 0 Å². The lowest BCUT2D eigenvalue weighted by atomic mass is 10.5. The van der Waals surface area contributed by atoms with Crippen LogP contribution in [0.1, 0.15) is 27.7 Å². The van der Waals surface area contributed by atoms with E-state index in [2.05, 4.69) is 25.3 Å². The molecule has 1 aliphatic heterocycles. The van der Waals surface area contributed by atoms with Gasteiger partial charge < -0.3 is 13.3 Å². The van der Waals surface area contributed by atoms with Crippen LogP contribution in [0.5, 0.6) is 0 Å². The predicted octanol–water partition coefficient (Wildman–Crippen LogP) is 1.97. The maximum atomic E-state index is 6.16. The van der Waals surface area contributed by atoms with E-state index in [4.69, 9.17) is 13.3 Å². The van der Waals surface area contributed by atoms with E-state index in [0.29, 0.717) is 6.61 Å². The molecular formula is C11H25NO3SSi. The van der Waals surface area contributed by atoms with Gasteiger partial charge in [-0.2, -0.15) is 11.8 Å². The van der Waals surface area contributed by atoms with Crippen LogP contribution < -0.4 is 0 Å². The van der Waals surface area contributed by atoms with E-state index in [0.717, 1.165) is 31.2 Å². The Kier molecular flexibility index (Phi) is 7.06. The molecule has 17 heavy (non-hydrogen) atoms. The first kappa shape index (κ1) is 15.5. The number of rotatable bonds is 5. The molecule has 6 heteroatoms. The minimum absolute atomic E-state index is 0.194. The molecule has 0 aromatic carbocycles. The van der Waals surface area contributed by atoms with Gasteiger partial charge in [0.2, 0.25) is 0 Å². The summed E-state index contributed by atoms with van der Waals surface area (Å²) in [6.07, 6.45) is 0.194. The highest BCUT2D eigenvalue weighted by Crippen LogP contribution is 2.22. The van der Waals surface area contributed by atoms with Crippen molar-refractivity contribution in [1.82, 2.24) is 4.57 Å². The van der Waals surface area contributed by atoms with E-state index in [9.17, 15) is 0 Å². The molecule has 2 atom stereocenters. The quantitative estimate of drug-likeness (QED) is 0.718. The summed E-state index contributed by atoms with van der Waals surface area (Å²) in [6, 6.07) is 0. The molecule has 1 aliphatic rings. The van der Waals surface area contributed by atoms with E-state index < -0.39 is 8.97 Å². The number of hydrogen-bond acceptors (Lipinski definition) is 5. The summed E-state index contributed by atoms with van der Waals surface area (Å²) in [5.74, 6) is 2.04. The van der Waals surface area contributed by atoms with Gasteiger partial charge in [0.15, 0.2) is 0 Å². The van der Waals surface area contributed by atoms with Gasteiger partial charge >= 0.3 is 8.97 Å². The number of nitrogens with zero attached hydrogens (tertiary/aromatic N) is 1. The molecule has 0 amide bonds. The van der Waals surface area contributed by atoms with Crippen LogP contribution in [-0.2, 0) is 13.3 Å². The lowest BCUT2D eigenvalue weighted by Gasteiger charge is -2.39. The number of hydrogen-bond donors (Lipinski definition) is 0. The largest absolute Gasteiger partial charge is 0.599 e. The van der Waals surface area contributed by atoms with Crippen LogP contribution in [0.4, 0.5) is 0 Å². The summed E-state index contributed by atoms with van der Waals surface area (Å²) < 4.78 is 20.3. The van der Waals surface area contributed by atoms with Crippen molar-refractivity contribution in [2.24, 2.45) is 0 Å². The lowest BCUT2D eigenvalue weighted by molar-refractivity contribution is -0.00244. The second kappa shape index (κ2) is 7.76. The Labute approximate surface area is 110 Å².